The molecule has 0 aliphatic carbocycles. The molecule has 0 fully saturated rings. The number of fused-ring (bicyclic) bond motifs is 1. The first kappa shape index (κ1) is 14.1. The van der Waals surface area contributed by atoms with Crippen LogP contribution in [0.3, 0.4) is 0 Å². The molecule has 0 bridgehead atoms. The third-order valence-electron chi connectivity index (χ3n) is 3.18. The van der Waals surface area contributed by atoms with Crippen molar-refractivity contribution < 1.29 is 18.7 Å². The molecule has 0 saturated carbocycles. The van der Waals surface area contributed by atoms with E-state index < -0.39 is 5.82 Å². The van der Waals surface area contributed by atoms with E-state index in [0.29, 0.717) is 28.3 Å². The largest absolute Gasteiger partial charge is 0.482 e. The number of rotatable bonds is 2. The van der Waals surface area contributed by atoms with Crippen molar-refractivity contribution in [3.63, 3.8) is 0 Å². The first-order chi connectivity index (χ1) is 10.5. The minimum Gasteiger partial charge on any atom is -0.482 e. The highest BCUT2D eigenvalue weighted by molar-refractivity contribution is 6.05. The average molecular weight is 300 g/mol. The molecule has 1 aliphatic rings. The van der Waals surface area contributed by atoms with Crippen LogP contribution in [0.5, 0.6) is 5.75 Å². The van der Waals surface area contributed by atoms with Gasteiger partial charge in [0.25, 0.3) is 11.8 Å². The Morgan fingerprint density at radius 1 is 1.27 bits per heavy atom. The summed E-state index contributed by atoms with van der Waals surface area (Å²) in [6.07, 6.45) is 0. The lowest BCUT2D eigenvalue weighted by Gasteiger charge is -2.18. The zero-order valence-electron chi connectivity index (χ0n) is 11.8. The van der Waals surface area contributed by atoms with Crippen LogP contribution in [-0.4, -0.2) is 18.4 Å². The Morgan fingerprint density at radius 2 is 2.09 bits per heavy atom. The Morgan fingerprint density at radius 3 is 2.86 bits per heavy atom. The summed E-state index contributed by atoms with van der Waals surface area (Å²) in [7, 11) is 0. The highest BCUT2D eigenvalue weighted by atomic mass is 19.1. The molecule has 22 heavy (non-hydrogen) atoms. The van der Waals surface area contributed by atoms with E-state index in [1.54, 1.807) is 25.1 Å². The summed E-state index contributed by atoms with van der Waals surface area (Å²) in [6, 6.07) is 9.00. The van der Waals surface area contributed by atoms with Gasteiger partial charge >= 0.3 is 0 Å². The van der Waals surface area contributed by atoms with Crippen LogP contribution in [0.2, 0.25) is 0 Å². The number of carbonyl (C=O) groups excluding carboxylic acids is 2. The molecule has 1 aliphatic heterocycles. The Kier molecular flexibility index (Phi) is 3.50. The Hall–Kier alpha value is -2.89. The fraction of sp³-hybridized carbons (Fsp3) is 0.125. The molecule has 2 aromatic rings. The van der Waals surface area contributed by atoms with Crippen LogP contribution in [0.1, 0.15) is 15.9 Å². The van der Waals surface area contributed by atoms with Crippen LogP contribution in [0.25, 0.3) is 0 Å². The van der Waals surface area contributed by atoms with Crippen LogP contribution >= 0.6 is 0 Å². The number of carbonyl (C=O) groups is 2. The maximum atomic E-state index is 13.3. The summed E-state index contributed by atoms with van der Waals surface area (Å²) in [5.41, 5.74) is 1.98. The van der Waals surface area contributed by atoms with Gasteiger partial charge in [0.1, 0.15) is 11.6 Å². The number of benzene rings is 2. The molecule has 1 heterocycles. The molecule has 2 aromatic carbocycles. The second kappa shape index (κ2) is 5.48. The molecule has 112 valence electrons. The van der Waals surface area contributed by atoms with Gasteiger partial charge in [-0.1, -0.05) is 0 Å². The Balaban J connectivity index is 1.82. The molecule has 0 spiro atoms. The van der Waals surface area contributed by atoms with Crippen molar-refractivity contribution in [2.24, 2.45) is 0 Å². The molecular formula is C16H13FN2O3. The van der Waals surface area contributed by atoms with Crippen molar-refractivity contribution in [3.8, 4) is 5.75 Å². The summed E-state index contributed by atoms with van der Waals surface area (Å²) in [5, 5.41) is 5.28. The molecule has 0 saturated heterocycles. The van der Waals surface area contributed by atoms with E-state index in [9.17, 15) is 14.0 Å². The van der Waals surface area contributed by atoms with Crippen LogP contribution in [0.4, 0.5) is 15.8 Å². The maximum absolute atomic E-state index is 13.3. The lowest BCUT2D eigenvalue weighted by Crippen LogP contribution is -2.25. The smallest absolute Gasteiger partial charge is 0.262 e. The van der Waals surface area contributed by atoms with Gasteiger partial charge in [0.2, 0.25) is 0 Å². The first-order valence-electron chi connectivity index (χ1n) is 6.66. The van der Waals surface area contributed by atoms with Crippen molar-refractivity contribution in [2.45, 2.75) is 6.92 Å². The number of ether oxygens (including phenoxy) is 1. The first-order valence-corrected chi connectivity index (χ1v) is 6.66. The van der Waals surface area contributed by atoms with Crippen LogP contribution in [0, 0.1) is 12.7 Å². The summed E-state index contributed by atoms with van der Waals surface area (Å²) in [4.78, 5) is 23.4. The van der Waals surface area contributed by atoms with E-state index in [4.69, 9.17) is 4.74 Å². The predicted molar refractivity (Wildman–Crippen MR) is 79.7 cm³/mol. The Bertz CT molecular complexity index is 754. The van der Waals surface area contributed by atoms with Crippen molar-refractivity contribution >= 4 is 23.2 Å². The lowest BCUT2D eigenvalue weighted by molar-refractivity contribution is -0.118. The molecule has 5 nitrogen and oxygen atoms in total. The lowest BCUT2D eigenvalue weighted by atomic mass is 10.1. The Labute approximate surface area is 126 Å². The van der Waals surface area contributed by atoms with Crippen molar-refractivity contribution in [1.82, 2.24) is 0 Å². The molecule has 2 amide bonds. The molecular weight excluding hydrogens is 287 g/mol. The highest BCUT2D eigenvalue weighted by Gasteiger charge is 2.18. The van der Waals surface area contributed by atoms with Gasteiger partial charge < -0.3 is 15.4 Å². The summed E-state index contributed by atoms with van der Waals surface area (Å²) < 4.78 is 18.6. The van der Waals surface area contributed by atoms with Gasteiger partial charge in [-0.05, 0) is 48.9 Å². The van der Waals surface area contributed by atoms with Crippen molar-refractivity contribution in [1.29, 1.82) is 0 Å². The summed E-state index contributed by atoms with van der Waals surface area (Å²) in [5.74, 6) is -0.595. The fourth-order valence-electron chi connectivity index (χ4n) is 2.23. The van der Waals surface area contributed by atoms with E-state index in [-0.39, 0.29) is 18.4 Å². The van der Waals surface area contributed by atoms with Crippen LogP contribution < -0.4 is 15.4 Å². The van der Waals surface area contributed by atoms with Crippen LogP contribution in [-0.2, 0) is 4.79 Å². The standard InChI is InChI=1S/C16H13FN2O3/c1-9-4-11(17)7-12(5-9)18-16(21)10-2-3-13-14(6-10)22-8-15(20)19-13/h2-7H,8H2,1H3,(H,18,21)(H,19,20). The van der Waals surface area contributed by atoms with E-state index in [2.05, 4.69) is 10.6 Å². The SMILES string of the molecule is Cc1cc(F)cc(NC(=O)c2ccc3c(c2)OCC(=O)N3)c1. The minimum atomic E-state index is -0.410. The number of amides is 2. The zero-order chi connectivity index (χ0) is 15.7. The maximum Gasteiger partial charge on any atom is 0.262 e. The van der Waals surface area contributed by atoms with Gasteiger partial charge in [-0.2, -0.15) is 0 Å². The van der Waals surface area contributed by atoms with E-state index >= 15 is 0 Å². The summed E-state index contributed by atoms with van der Waals surface area (Å²) in [6.45, 7) is 1.66. The van der Waals surface area contributed by atoms with Gasteiger partial charge in [-0.15, -0.1) is 0 Å². The summed E-state index contributed by atoms with van der Waals surface area (Å²) >= 11 is 0. The second-order valence-electron chi connectivity index (χ2n) is 5.02. The van der Waals surface area contributed by atoms with Gasteiger partial charge in [-0.3, -0.25) is 9.59 Å². The topological polar surface area (TPSA) is 67.4 Å². The number of hydrogen-bond donors (Lipinski definition) is 2. The molecule has 0 atom stereocenters. The predicted octanol–water partition coefficient (Wildman–Crippen LogP) is 2.72. The molecule has 3 rings (SSSR count). The molecule has 2 N–H and O–H groups in total. The van der Waals surface area contributed by atoms with Gasteiger partial charge in [0, 0.05) is 11.3 Å². The highest BCUT2D eigenvalue weighted by Crippen LogP contribution is 2.28. The van der Waals surface area contributed by atoms with Crippen LogP contribution in [0.15, 0.2) is 36.4 Å². The number of halogens is 1. The number of nitrogens with one attached hydrogen (secondary N) is 2. The third kappa shape index (κ3) is 2.90. The van der Waals surface area contributed by atoms with E-state index in [1.165, 1.54) is 18.2 Å². The molecule has 6 heteroatoms. The van der Waals surface area contributed by atoms with E-state index in [1.807, 2.05) is 0 Å². The molecule has 0 unspecified atom stereocenters. The van der Waals surface area contributed by atoms with Crippen molar-refractivity contribution in [3.05, 3.63) is 53.3 Å². The quantitative estimate of drug-likeness (QED) is 0.896. The van der Waals surface area contributed by atoms with Gasteiger partial charge in [0.15, 0.2) is 6.61 Å². The number of anilines is 2. The number of hydrogen-bond acceptors (Lipinski definition) is 3. The minimum absolute atomic E-state index is 0.0822. The monoisotopic (exact) mass is 300 g/mol. The van der Waals surface area contributed by atoms with Crippen molar-refractivity contribution in [2.75, 3.05) is 17.2 Å². The van der Waals surface area contributed by atoms with Gasteiger partial charge in [0.05, 0.1) is 5.69 Å². The number of aryl methyl sites for hydroxylation is 1. The van der Waals surface area contributed by atoms with E-state index in [0.717, 1.165) is 0 Å². The zero-order valence-corrected chi connectivity index (χ0v) is 11.8. The third-order valence-corrected chi connectivity index (χ3v) is 3.18. The molecule has 0 radical (unpaired) electrons. The van der Waals surface area contributed by atoms with Gasteiger partial charge in [-0.25, -0.2) is 4.39 Å². The normalized spacial score (nSPS) is 12.9. The second-order valence-corrected chi connectivity index (χ2v) is 5.02. The molecule has 0 aromatic heterocycles. The average Bonchev–Trinajstić information content (AvgIpc) is 2.45. The fourth-order valence-corrected chi connectivity index (χ4v) is 2.23.